The molecule has 1 fully saturated rings. The van der Waals surface area contributed by atoms with Crippen molar-refractivity contribution in [1.82, 2.24) is 9.97 Å². The van der Waals surface area contributed by atoms with Crippen molar-refractivity contribution >= 4 is 21.7 Å². The summed E-state index contributed by atoms with van der Waals surface area (Å²) in [5.41, 5.74) is 0.508. The van der Waals surface area contributed by atoms with Gasteiger partial charge in [0.2, 0.25) is 0 Å². The molecule has 3 nitrogen and oxygen atoms in total. The number of alkyl halides is 1. The molecule has 0 amide bonds. The van der Waals surface area contributed by atoms with Crippen molar-refractivity contribution in [3.63, 3.8) is 0 Å². The first-order valence-electron chi connectivity index (χ1n) is 6.10. The van der Waals surface area contributed by atoms with E-state index in [1.807, 2.05) is 6.92 Å². The molecule has 0 radical (unpaired) electrons. The Morgan fingerprint density at radius 3 is 3.00 bits per heavy atom. The van der Waals surface area contributed by atoms with Gasteiger partial charge in [-0.05, 0) is 25.7 Å². The highest BCUT2D eigenvalue weighted by Gasteiger charge is 2.25. The Bertz CT molecular complexity index is 386. The molecule has 1 aliphatic heterocycles. The van der Waals surface area contributed by atoms with E-state index in [0.29, 0.717) is 24.0 Å². The summed E-state index contributed by atoms with van der Waals surface area (Å²) in [6, 6.07) is 0.345. The van der Waals surface area contributed by atoms with E-state index in [4.69, 9.17) is 0 Å². The average Bonchev–Trinajstić information content (AvgIpc) is 2.39. The first kappa shape index (κ1) is 12.7. The van der Waals surface area contributed by atoms with Gasteiger partial charge in [-0.15, -0.1) is 0 Å². The second kappa shape index (κ2) is 5.76. The van der Waals surface area contributed by atoms with Crippen LogP contribution in [0.4, 0.5) is 10.2 Å². The number of piperidine rings is 1. The topological polar surface area (TPSA) is 29.0 Å². The van der Waals surface area contributed by atoms with E-state index in [9.17, 15) is 4.39 Å². The molecule has 2 heterocycles. The molecule has 0 N–H and O–H groups in total. The van der Waals surface area contributed by atoms with Crippen molar-refractivity contribution in [2.45, 2.75) is 38.6 Å². The average molecular weight is 302 g/mol. The summed E-state index contributed by atoms with van der Waals surface area (Å²) in [5.74, 6) is 0.226. The third kappa shape index (κ3) is 2.59. The minimum absolute atomic E-state index is 0.247. The smallest absolute Gasteiger partial charge is 0.187 e. The van der Waals surface area contributed by atoms with Crippen LogP contribution in [0.1, 0.15) is 31.9 Å². The number of hydrogen-bond donors (Lipinski definition) is 0. The van der Waals surface area contributed by atoms with Crippen LogP contribution in [0.3, 0.4) is 0 Å². The second-order valence-electron chi connectivity index (χ2n) is 4.31. The monoisotopic (exact) mass is 301 g/mol. The van der Waals surface area contributed by atoms with Crippen molar-refractivity contribution in [3.05, 3.63) is 17.8 Å². The molecule has 5 heteroatoms. The van der Waals surface area contributed by atoms with Crippen molar-refractivity contribution in [1.29, 1.82) is 0 Å². The van der Waals surface area contributed by atoms with Crippen LogP contribution in [-0.2, 0) is 6.42 Å². The molecule has 2 rings (SSSR count). The van der Waals surface area contributed by atoms with Crippen LogP contribution >= 0.6 is 15.9 Å². The number of aryl methyl sites for hydroxylation is 1. The fourth-order valence-corrected chi connectivity index (χ4v) is 2.96. The summed E-state index contributed by atoms with van der Waals surface area (Å²) in [5, 5.41) is 0.859. The zero-order valence-corrected chi connectivity index (χ0v) is 11.6. The Balaban J connectivity index is 2.31. The SMILES string of the molecule is CCc1ncnc(N2CCCCC2CBr)c1F. The molecular weight excluding hydrogens is 285 g/mol. The summed E-state index contributed by atoms with van der Waals surface area (Å²) in [7, 11) is 0. The van der Waals surface area contributed by atoms with Crippen molar-refractivity contribution in [2.24, 2.45) is 0 Å². The third-order valence-corrected chi connectivity index (χ3v) is 4.00. The lowest BCUT2D eigenvalue weighted by Crippen LogP contribution is -2.41. The molecule has 17 heavy (non-hydrogen) atoms. The maximum Gasteiger partial charge on any atom is 0.187 e. The van der Waals surface area contributed by atoms with Gasteiger partial charge in [-0.3, -0.25) is 0 Å². The maximum atomic E-state index is 14.2. The van der Waals surface area contributed by atoms with E-state index >= 15 is 0 Å². The Labute approximate surface area is 110 Å². The van der Waals surface area contributed by atoms with E-state index in [-0.39, 0.29) is 5.82 Å². The first-order chi connectivity index (χ1) is 8.27. The van der Waals surface area contributed by atoms with Gasteiger partial charge in [0.25, 0.3) is 0 Å². The van der Waals surface area contributed by atoms with Gasteiger partial charge >= 0.3 is 0 Å². The van der Waals surface area contributed by atoms with Crippen molar-refractivity contribution in [2.75, 3.05) is 16.8 Å². The molecule has 0 aliphatic carbocycles. The molecule has 0 aromatic carbocycles. The van der Waals surface area contributed by atoms with E-state index < -0.39 is 0 Å². The molecular formula is C12H17BrFN3. The van der Waals surface area contributed by atoms with Gasteiger partial charge in [-0.1, -0.05) is 22.9 Å². The highest BCUT2D eigenvalue weighted by atomic mass is 79.9. The van der Waals surface area contributed by atoms with Gasteiger partial charge in [-0.25, -0.2) is 14.4 Å². The molecule has 94 valence electrons. The number of hydrogen-bond acceptors (Lipinski definition) is 3. The van der Waals surface area contributed by atoms with Gasteiger partial charge in [0.1, 0.15) is 6.33 Å². The standard InChI is InChI=1S/C12H17BrFN3/c1-2-10-11(14)12(16-8-15-10)17-6-4-3-5-9(17)7-13/h8-9H,2-7H2,1H3. The molecule has 0 saturated carbocycles. The number of halogens is 2. The normalized spacial score (nSPS) is 20.6. The lowest BCUT2D eigenvalue weighted by Gasteiger charge is -2.35. The van der Waals surface area contributed by atoms with Crippen molar-refractivity contribution < 1.29 is 4.39 Å². The maximum absolute atomic E-state index is 14.2. The molecule has 1 aromatic heterocycles. The van der Waals surface area contributed by atoms with Crippen LogP contribution in [0.5, 0.6) is 0 Å². The summed E-state index contributed by atoms with van der Waals surface area (Å²) in [6.07, 6.45) is 5.48. The summed E-state index contributed by atoms with van der Waals surface area (Å²) in [6.45, 7) is 2.79. The van der Waals surface area contributed by atoms with Gasteiger partial charge in [-0.2, -0.15) is 0 Å². The lowest BCUT2D eigenvalue weighted by molar-refractivity contribution is 0.473. The molecule has 1 saturated heterocycles. The summed E-state index contributed by atoms with van der Waals surface area (Å²) in [4.78, 5) is 10.2. The predicted octanol–water partition coefficient (Wildman–Crippen LogP) is 2.93. The highest BCUT2D eigenvalue weighted by molar-refractivity contribution is 9.09. The fraction of sp³-hybridized carbons (Fsp3) is 0.667. The predicted molar refractivity (Wildman–Crippen MR) is 70.1 cm³/mol. The highest BCUT2D eigenvalue weighted by Crippen LogP contribution is 2.27. The van der Waals surface area contributed by atoms with E-state index in [2.05, 4.69) is 30.8 Å². The van der Waals surface area contributed by atoms with E-state index in [1.165, 1.54) is 12.7 Å². The number of aromatic nitrogens is 2. The third-order valence-electron chi connectivity index (χ3n) is 3.26. The van der Waals surface area contributed by atoms with Gasteiger partial charge in [0.15, 0.2) is 11.6 Å². The van der Waals surface area contributed by atoms with Crippen LogP contribution in [0, 0.1) is 5.82 Å². The molecule has 1 aliphatic rings. The van der Waals surface area contributed by atoms with E-state index in [1.54, 1.807) is 0 Å². The molecule has 0 bridgehead atoms. The largest absolute Gasteiger partial charge is 0.350 e. The zero-order valence-electron chi connectivity index (χ0n) is 9.99. The lowest BCUT2D eigenvalue weighted by atomic mass is 10.0. The summed E-state index contributed by atoms with van der Waals surface area (Å²) < 4.78 is 14.2. The molecule has 0 spiro atoms. The van der Waals surface area contributed by atoms with E-state index in [0.717, 1.165) is 24.7 Å². The zero-order chi connectivity index (χ0) is 12.3. The molecule has 1 atom stereocenters. The Kier molecular flexibility index (Phi) is 4.31. The quantitative estimate of drug-likeness (QED) is 0.804. The first-order valence-corrected chi connectivity index (χ1v) is 7.22. The molecule has 1 aromatic rings. The number of anilines is 1. The van der Waals surface area contributed by atoms with Gasteiger partial charge in [0, 0.05) is 17.9 Å². The number of nitrogens with zero attached hydrogens (tertiary/aromatic N) is 3. The van der Waals surface area contributed by atoms with Crippen LogP contribution in [0.2, 0.25) is 0 Å². The minimum Gasteiger partial charge on any atom is -0.350 e. The second-order valence-corrected chi connectivity index (χ2v) is 4.96. The van der Waals surface area contributed by atoms with Gasteiger partial charge < -0.3 is 4.90 Å². The minimum atomic E-state index is -0.247. The van der Waals surface area contributed by atoms with Crippen molar-refractivity contribution in [3.8, 4) is 0 Å². The van der Waals surface area contributed by atoms with Crippen LogP contribution in [0.15, 0.2) is 6.33 Å². The van der Waals surface area contributed by atoms with Crippen LogP contribution < -0.4 is 4.90 Å². The Morgan fingerprint density at radius 2 is 2.29 bits per heavy atom. The van der Waals surface area contributed by atoms with Crippen LogP contribution in [-0.4, -0.2) is 27.9 Å². The number of rotatable bonds is 3. The Morgan fingerprint density at radius 1 is 1.47 bits per heavy atom. The Hall–Kier alpha value is -0.710. The molecule has 1 unspecified atom stereocenters. The van der Waals surface area contributed by atoms with Crippen LogP contribution in [0.25, 0.3) is 0 Å². The summed E-state index contributed by atoms with van der Waals surface area (Å²) >= 11 is 3.50. The van der Waals surface area contributed by atoms with Gasteiger partial charge in [0.05, 0.1) is 5.69 Å². The fourth-order valence-electron chi connectivity index (χ4n) is 2.28.